The van der Waals surface area contributed by atoms with Crippen LogP contribution in [0.3, 0.4) is 0 Å². The lowest BCUT2D eigenvalue weighted by atomic mass is 10.1. The van der Waals surface area contributed by atoms with Gasteiger partial charge >= 0.3 is 11.9 Å². The summed E-state index contributed by atoms with van der Waals surface area (Å²) in [6, 6.07) is 10.5. The van der Waals surface area contributed by atoms with Crippen molar-refractivity contribution >= 4 is 30.1 Å². The fourth-order valence-corrected chi connectivity index (χ4v) is 2.39. The first kappa shape index (κ1) is 22.7. The van der Waals surface area contributed by atoms with Crippen molar-refractivity contribution in [3.05, 3.63) is 83.9 Å². The lowest BCUT2D eigenvalue weighted by Crippen LogP contribution is -2.19. The second kappa shape index (κ2) is 10.8. The largest absolute Gasteiger partial charge is 0.419 e. The normalized spacial score (nSPS) is 9.90. The molecule has 0 fully saturated rings. The third-order valence-electron chi connectivity index (χ3n) is 3.80. The van der Waals surface area contributed by atoms with Gasteiger partial charge in [-0.2, -0.15) is 0 Å². The molecule has 154 valence electrons. The maximum Gasteiger partial charge on any atom is 0.345 e. The smallest absolute Gasteiger partial charge is 0.345 e. The molecule has 0 unspecified atom stereocenters. The van der Waals surface area contributed by atoms with E-state index in [1.165, 1.54) is 49.1 Å². The molecule has 0 aliphatic carbocycles. The van der Waals surface area contributed by atoms with Gasteiger partial charge in [0.25, 0.3) is 0 Å². The summed E-state index contributed by atoms with van der Waals surface area (Å²) in [6.07, 6.45) is 5.75. The zero-order chi connectivity index (χ0) is 20.6. The highest BCUT2D eigenvalue weighted by molar-refractivity contribution is 5.99. The molecule has 0 aliphatic heterocycles. The van der Waals surface area contributed by atoms with Gasteiger partial charge < -0.3 is 14.8 Å². The molecule has 0 aliphatic rings. The van der Waals surface area contributed by atoms with E-state index >= 15 is 0 Å². The number of likely N-dealkylation sites (N-methyl/N-ethyl adjacent to an activating group) is 1. The van der Waals surface area contributed by atoms with E-state index in [0.717, 1.165) is 0 Å². The van der Waals surface area contributed by atoms with Crippen LogP contribution in [0, 0.1) is 0 Å². The van der Waals surface area contributed by atoms with Gasteiger partial charge in [-0.1, -0.05) is 0 Å². The first-order chi connectivity index (χ1) is 14.1. The zero-order valence-electron chi connectivity index (χ0n) is 15.9. The molecular weight excluding hydrogens is 410 g/mol. The molecule has 3 rings (SSSR count). The van der Waals surface area contributed by atoms with Crippen LogP contribution in [0.1, 0.15) is 31.1 Å². The highest BCUT2D eigenvalue weighted by Gasteiger charge is 2.19. The van der Waals surface area contributed by atoms with Gasteiger partial charge in [-0.3, -0.25) is 14.8 Å². The predicted octanol–water partition coefficient (Wildman–Crippen LogP) is 2.74. The maximum atomic E-state index is 12.4. The Morgan fingerprint density at radius 3 is 1.90 bits per heavy atom. The minimum absolute atomic E-state index is 0. The Morgan fingerprint density at radius 2 is 1.40 bits per heavy atom. The summed E-state index contributed by atoms with van der Waals surface area (Å²) >= 11 is 0. The van der Waals surface area contributed by atoms with Crippen LogP contribution in [0.2, 0.25) is 0 Å². The van der Waals surface area contributed by atoms with Crippen molar-refractivity contribution < 1.29 is 23.9 Å². The summed E-state index contributed by atoms with van der Waals surface area (Å²) in [5.41, 5.74) is 0.742. The van der Waals surface area contributed by atoms with Gasteiger partial charge in [0.1, 0.15) is 0 Å². The molecule has 0 radical (unpaired) electrons. The molecule has 1 aromatic carbocycles. The number of esters is 2. The molecule has 0 atom stereocenters. The van der Waals surface area contributed by atoms with E-state index in [4.69, 9.17) is 9.47 Å². The minimum Gasteiger partial charge on any atom is -0.419 e. The molecule has 8 nitrogen and oxygen atoms in total. The summed E-state index contributed by atoms with van der Waals surface area (Å²) in [7, 11) is 1.64. The molecule has 3 aromatic rings. The van der Waals surface area contributed by atoms with Crippen molar-refractivity contribution in [1.29, 1.82) is 0 Å². The number of halogens is 1. The molecule has 2 heterocycles. The maximum absolute atomic E-state index is 12.4. The van der Waals surface area contributed by atoms with Crippen molar-refractivity contribution in [2.24, 2.45) is 0 Å². The van der Waals surface area contributed by atoms with Crippen LogP contribution >= 0.6 is 12.4 Å². The predicted molar refractivity (Wildman–Crippen MR) is 110 cm³/mol. The molecule has 30 heavy (non-hydrogen) atoms. The van der Waals surface area contributed by atoms with Gasteiger partial charge in [0, 0.05) is 30.4 Å². The number of benzene rings is 1. The van der Waals surface area contributed by atoms with Crippen LogP contribution in [0.5, 0.6) is 11.5 Å². The Bertz CT molecular complexity index is 1030. The minimum atomic E-state index is -0.699. The number of rotatable bonds is 7. The summed E-state index contributed by atoms with van der Waals surface area (Å²) in [5, 5.41) is 2.76. The lowest BCUT2D eigenvalue weighted by Gasteiger charge is -2.12. The van der Waals surface area contributed by atoms with Crippen LogP contribution in [0.4, 0.5) is 0 Å². The monoisotopic (exact) mass is 427 g/mol. The summed E-state index contributed by atoms with van der Waals surface area (Å²) < 4.78 is 10.8. The fourth-order valence-electron chi connectivity index (χ4n) is 2.39. The molecule has 0 saturated carbocycles. The van der Waals surface area contributed by atoms with E-state index in [1.54, 1.807) is 25.2 Å². The number of nitrogens with zero attached hydrogens (tertiary/aromatic N) is 2. The van der Waals surface area contributed by atoms with Crippen molar-refractivity contribution in [2.75, 3.05) is 13.6 Å². The Balaban J connectivity index is 0.00000320. The quantitative estimate of drug-likeness (QED) is 0.348. The average molecular weight is 428 g/mol. The first-order valence-corrected chi connectivity index (χ1v) is 8.64. The van der Waals surface area contributed by atoms with Crippen molar-refractivity contribution in [3.8, 4) is 11.5 Å². The number of carbonyl (C=O) groups excluding carboxylic acids is 3. The second-order valence-electron chi connectivity index (χ2n) is 5.88. The van der Waals surface area contributed by atoms with Crippen molar-refractivity contribution in [3.63, 3.8) is 0 Å². The molecule has 2 aromatic heterocycles. The van der Waals surface area contributed by atoms with E-state index in [0.29, 0.717) is 5.56 Å². The number of nitrogens with one attached hydrogen (secondary N) is 1. The van der Waals surface area contributed by atoms with Crippen LogP contribution in [-0.4, -0.2) is 41.3 Å². The number of carbonyl (C=O) groups is 3. The Morgan fingerprint density at radius 1 is 0.833 bits per heavy atom. The van der Waals surface area contributed by atoms with Gasteiger partial charge in [-0.15, -0.1) is 12.4 Å². The number of pyridine rings is 2. The highest BCUT2D eigenvalue weighted by atomic mass is 35.5. The van der Waals surface area contributed by atoms with Crippen LogP contribution in [0.25, 0.3) is 0 Å². The average Bonchev–Trinajstić information content (AvgIpc) is 2.76. The number of ketones is 1. The summed E-state index contributed by atoms with van der Waals surface area (Å²) in [6.45, 7) is 0.102. The lowest BCUT2D eigenvalue weighted by molar-refractivity contribution is 0.0681. The molecule has 0 amide bonds. The van der Waals surface area contributed by atoms with E-state index in [9.17, 15) is 14.4 Å². The highest BCUT2D eigenvalue weighted by Crippen LogP contribution is 2.30. The molecule has 0 spiro atoms. The van der Waals surface area contributed by atoms with Crippen LogP contribution in [0.15, 0.2) is 67.3 Å². The summed E-state index contributed by atoms with van der Waals surface area (Å²) in [4.78, 5) is 44.7. The van der Waals surface area contributed by atoms with Gasteiger partial charge in [-0.05, 0) is 49.5 Å². The van der Waals surface area contributed by atoms with E-state index < -0.39 is 11.9 Å². The molecule has 0 saturated heterocycles. The number of hydrogen-bond donors (Lipinski definition) is 1. The summed E-state index contributed by atoms with van der Waals surface area (Å²) in [5.74, 6) is -1.65. The SMILES string of the molecule is CNCC(=O)c1ccc(OC(=O)c2cccnc2)c(OC(=O)c2cccnc2)c1.Cl. The van der Waals surface area contributed by atoms with E-state index in [2.05, 4.69) is 15.3 Å². The number of aromatic nitrogens is 2. The Kier molecular flexibility index (Phi) is 8.16. The molecule has 0 bridgehead atoms. The number of Topliss-reactive ketones (excluding diaryl/α,β-unsaturated/α-hetero) is 1. The van der Waals surface area contributed by atoms with E-state index in [1.807, 2.05) is 0 Å². The van der Waals surface area contributed by atoms with Gasteiger partial charge in [0.05, 0.1) is 17.7 Å². The Hall–Kier alpha value is -3.62. The van der Waals surface area contributed by atoms with E-state index in [-0.39, 0.29) is 47.4 Å². The van der Waals surface area contributed by atoms with Gasteiger partial charge in [0.15, 0.2) is 17.3 Å². The van der Waals surface area contributed by atoms with Crippen LogP contribution in [-0.2, 0) is 0 Å². The van der Waals surface area contributed by atoms with Gasteiger partial charge in [0.2, 0.25) is 0 Å². The molecule has 9 heteroatoms. The fraction of sp³-hybridized carbons (Fsp3) is 0.0952. The molecule has 1 N–H and O–H groups in total. The first-order valence-electron chi connectivity index (χ1n) is 8.64. The third-order valence-corrected chi connectivity index (χ3v) is 3.80. The molecular formula is C21H18ClN3O5. The van der Waals surface area contributed by atoms with Gasteiger partial charge in [-0.25, -0.2) is 9.59 Å². The standard InChI is InChI=1S/C21H17N3O5.ClH/c1-22-13-17(25)14-6-7-18(28-20(26)15-4-2-8-23-11-15)19(10-14)29-21(27)16-5-3-9-24-12-16;/h2-12,22H,13H2,1H3;1H. The van der Waals surface area contributed by atoms with Crippen molar-refractivity contribution in [1.82, 2.24) is 15.3 Å². The second-order valence-corrected chi connectivity index (χ2v) is 5.88. The third kappa shape index (κ3) is 5.69. The topological polar surface area (TPSA) is 107 Å². The number of ether oxygens (including phenoxy) is 2. The van der Waals surface area contributed by atoms with Crippen LogP contribution < -0.4 is 14.8 Å². The zero-order valence-corrected chi connectivity index (χ0v) is 16.7. The van der Waals surface area contributed by atoms with Crippen molar-refractivity contribution in [2.45, 2.75) is 0 Å². The number of hydrogen-bond acceptors (Lipinski definition) is 8. The Labute approximate surface area is 178 Å².